The lowest BCUT2D eigenvalue weighted by molar-refractivity contribution is 0.229. The molecular weight excluding hydrogens is 228 g/mol. The van der Waals surface area contributed by atoms with Crippen LogP contribution in [0.1, 0.15) is 19.8 Å². The highest BCUT2D eigenvalue weighted by Crippen LogP contribution is 2.20. The van der Waals surface area contributed by atoms with Crippen LogP contribution < -0.4 is 5.32 Å². The summed E-state index contributed by atoms with van der Waals surface area (Å²) in [6, 6.07) is 9.41. The molecule has 17 heavy (non-hydrogen) atoms. The third kappa shape index (κ3) is 3.65. The van der Waals surface area contributed by atoms with E-state index < -0.39 is 0 Å². The van der Waals surface area contributed by atoms with Crippen LogP contribution in [0.3, 0.4) is 0 Å². The van der Waals surface area contributed by atoms with Gasteiger partial charge in [0, 0.05) is 29.7 Å². The van der Waals surface area contributed by atoms with Gasteiger partial charge in [-0.25, -0.2) is 0 Å². The second kappa shape index (κ2) is 6.31. The minimum absolute atomic E-state index is 0.651. The molecule has 1 N–H and O–H groups in total. The first kappa shape index (κ1) is 12.8. The standard InChI is InChI=1S/C14H22N2S/c1-3-16-10-8-13(9-11-16)15-12-4-6-14(17-2)7-5-12/h4-7,13,15H,3,8-11H2,1-2H3. The lowest BCUT2D eigenvalue weighted by Gasteiger charge is -2.32. The van der Waals surface area contributed by atoms with Crippen molar-refractivity contribution in [1.82, 2.24) is 4.90 Å². The number of hydrogen-bond acceptors (Lipinski definition) is 3. The predicted molar refractivity (Wildman–Crippen MR) is 77.0 cm³/mol. The molecule has 1 aromatic carbocycles. The quantitative estimate of drug-likeness (QED) is 0.825. The first-order chi connectivity index (χ1) is 8.31. The lowest BCUT2D eigenvalue weighted by Crippen LogP contribution is -2.38. The van der Waals surface area contributed by atoms with Gasteiger partial charge in [-0.05, 0) is 49.9 Å². The zero-order chi connectivity index (χ0) is 12.1. The molecule has 1 saturated heterocycles. The number of anilines is 1. The van der Waals surface area contributed by atoms with E-state index in [2.05, 4.69) is 47.7 Å². The van der Waals surface area contributed by atoms with Crippen molar-refractivity contribution in [2.45, 2.75) is 30.7 Å². The molecule has 0 amide bonds. The minimum atomic E-state index is 0.651. The Bertz CT molecular complexity index is 329. The molecule has 2 rings (SSSR count). The van der Waals surface area contributed by atoms with E-state index in [9.17, 15) is 0 Å². The summed E-state index contributed by atoms with van der Waals surface area (Å²) >= 11 is 1.79. The van der Waals surface area contributed by atoms with E-state index in [1.807, 2.05) is 0 Å². The van der Waals surface area contributed by atoms with Crippen molar-refractivity contribution < 1.29 is 0 Å². The Labute approximate surface area is 109 Å². The van der Waals surface area contributed by atoms with Gasteiger partial charge in [-0.15, -0.1) is 11.8 Å². The van der Waals surface area contributed by atoms with Crippen LogP contribution in [0.4, 0.5) is 5.69 Å². The van der Waals surface area contributed by atoms with E-state index >= 15 is 0 Å². The van der Waals surface area contributed by atoms with Gasteiger partial charge in [0.25, 0.3) is 0 Å². The summed E-state index contributed by atoms with van der Waals surface area (Å²) in [7, 11) is 0. The monoisotopic (exact) mass is 250 g/mol. The van der Waals surface area contributed by atoms with Crippen LogP contribution in [0.5, 0.6) is 0 Å². The number of nitrogens with zero attached hydrogens (tertiary/aromatic N) is 1. The van der Waals surface area contributed by atoms with Gasteiger partial charge >= 0.3 is 0 Å². The van der Waals surface area contributed by atoms with Crippen molar-refractivity contribution in [1.29, 1.82) is 0 Å². The fraction of sp³-hybridized carbons (Fsp3) is 0.571. The highest BCUT2D eigenvalue weighted by molar-refractivity contribution is 7.98. The smallest absolute Gasteiger partial charge is 0.0343 e. The summed E-state index contributed by atoms with van der Waals surface area (Å²) in [5.74, 6) is 0. The molecule has 0 unspecified atom stereocenters. The Balaban J connectivity index is 1.84. The molecule has 0 atom stereocenters. The Morgan fingerprint density at radius 2 is 1.88 bits per heavy atom. The van der Waals surface area contributed by atoms with Crippen molar-refractivity contribution in [2.24, 2.45) is 0 Å². The van der Waals surface area contributed by atoms with Crippen molar-refractivity contribution >= 4 is 17.4 Å². The average molecular weight is 250 g/mol. The van der Waals surface area contributed by atoms with Crippen molar-refractivity contribution in [3.05, 3.63) is 24.3 Å². The van der Waals surface area contributed by atoms with Crippen LogP contribution in [-0.4, -0.2) is 36.8 Å². The second-order valence-corrected chi connectivity index (χ2v) is 5.46. The number of nitrogens with one attached hydrogen (secondary N) is 1. The Kier molecular flexibility index (Phi) is 4.75. The number of rotatable bonds is 4. The van der Waals surface area contributed by atoms with Gasteiger partial charge in [0.15, 0.2) is 0 Å². The second-order valence-electron chi connectivity index (χ2n) is 4.58. The molecule has 1 aliphatic rings. The van der Waals surface area contributed by atoms with Gasteiger partial charge in [-0.3, -0.25) is 0 Å². The van der Waals surface area contributed by atoms with Crippen LogP contribution in [-0.2, 0) is 0 Å². The maximum absolute atomic E-state index is 3.64. The Morgan fingerprint density at radius 3 is 2.41 bits per heavy atom. The molecule has 0 aromatic heterocycles. The van der Waals surface area contributed by atoms with E-state index in [0.29, 0.717) is 6.04 Å². The molecule has 1 aromatic rings. The normalized spacial score (nSPS) is 18.2. The van der Waals surface area contributed by atoms with Gasteiger partial charge < -0.3 is 10.2 Å². The largest absolute Gasteiger partial charge is 0.382 e. The van der Waals surface area contributed by atoms with Crippen LogP contribution in [0, 0.1) is 0 Å². The molecule has 0 aliphatic carbocycles. The summed E-state index contributed by atoms with van der Waals surface area (Å²) in [6.45, 7) is 5.90. The van der Waals surface area contributed by atoms with E-state index in [-0.39, 0.29) is 0 Å². The average Bonchev–Trinajstić information content (AvgIpc) is 2.40. The number of piperidine rings is 1. The predicted octanol–water partition coefficient (Wildman–Crippen LogP) is 3.30. The topological polar surface area (TPSA) is 15.3 Å². The minimum Gasteiger partial charge on any atom is -0.382 e. The number of benzene rings is 1. The van der Waals surface area contributed by atoms with Crippen LogP contribution >= 0.6 is 11.8 Å². The zero-order valence-corrected chi connectivity index (χ0v) is 11.6. The molecule has 2 nitrogen and oxygen atoms in total. The van der Waals surface area contributed by atoms with Gasteiger partial charge in [0.2, 0.25) is 0 Å². The maximum atomic E-state index is 3.64. The number of hydrogen-bond donors (Lipinski definition) is 1. The summed E-state index contributed by atoms with van der Waals surface area (Å²) in [4.78, 5) is 3.85. The van der Waals surface area contributed by atoms with Crippen LogP contribution in [0.2, 0.25) is 0 Å². The highest BCUT2D eigenvalue weighted by atomic mass is 32.2. The van der Waals surface area contributed by atoms with Gasteiger partial charge in [-0.1, -0.05) is 6.92 Å². The highest BCUT2D eigenvalue weighted by Gasteiger charge is 2.17. The molecule has 1 heterocycles. The van der Waals surface area contributed by atoms with Crippen LogP contribution in [0.25, 0.3) is 0 Å². The molecule has 0 spiro atoms. The molecule has 0 radical (unpaired) electrons. The number of likely N-dealkylation sites (tertiary alicyclic amines) is 1. The van der Waals surface area contributed by atoms with Crippen molar-refractivity contribution in [3.63, 3.8) is 0 Å². The van der Waals surface area contributed by atoms with Gasteiger partial charge in [-0.2, -0.15) is 0 Å². The fourth-order valence-corrected chi connectivity index (χ4v) is 2.72. The van der Waals surface area contributed by atoms with Crippen molar-refractivity contribution in [2.75, 3.05) is 31.2 Å². The third-order valence-corrected chi connectivity index (χ3v) is 4.24. The van der Waals surface area contributed by atoms with E-state index in [0.717, 1.165) is 0 Å². The molecule has 1 fully saturated rings. The molecule has 94 valence electrons. The molecule has 0 saturated carbocycles. The molecule has 3 heteroatoms. The molecule has 0 bridgehead atoms. The summed E-state index contributed by atoms with van der Waals surface area (Å²) in [5, 5.41) is 3.64. The first-order valence-corrected chi connectivity index (χ1v) is 7.67. The first-order valence-electron chi connectivity index (χ1n) is 6.44. The fourth-order valence-electron chi connectivity index (χ4n) is 2.32. The summed E-state index contributed by atoms with van der Waals surface area (Å²) in [5.41, 5.74) is 1.26. The van der Waals surface area contributed by atoms with E-state index in [1.54, 1.807) is 11.8 Å². The van der Waals surface area contributed by atoms with Crippen LogP contribution in [0.15, 0.2) is 29.2 Å². The van der Waals surface area contributed by atoms with E-state index in [1.165, 1.54) is 43.1 Å². The number of thioether (sulfide) groups is 1. The summed E-state index contributed by atoms with van der Waals surface area (Å²) < 4.78 is 0. The molecular formula is C14H22N2S. The van der Waals surface area contributed by atoms with Crippen molar-refractivity contribution in [3.8, 4) is 0 Å². The van der Waals surface area contributed by atoms with E-state index in [4.69, 9.17) is 0 Å². The Morgan fingerprint density at radius 1 is 1.24 bits per heavy atom. The lowest BCUT2D eigenvalue weighted by atomic mass is 10.0. The zero-order valence-electron chi connectivity index (χ0n) is 10.8. The molecule has 1 aliphatic heterocycles. The third-order valence-electron chi connectivity index (χ3n) is 3.50. The maximum Gasteiger partial charge on any atom is 0.0343 e. The SMILES string of the molecule is CCN1CCC(Nc2ccc(SC)cc2)CC1. The van der Waals surface area contributed by atoms with Gasteiger partial charge in [0.1, 0.15) is 0 Å². The Hall–Kier alpha value is -0.670. The van der Waals surface area contributed by atoms with Gasteiger partial charge in [0.05, 0.1) is 0 Å². The summed E-state index contributed by atoms with van der Waals surface area (Å²) in [6.07, 6.45) is 4.64.